The van der Waals surface area contributed by atoms with Crippen LogP contribution in [0.4, 0.5) is 13.2 Å². The van der Waals surface area contributed by atoms with Gasteiger partial charge in [0.15, 0.2) is 12.7 Å². The third-order valence-electron chi connectivity index (χ3n) is 3.46. The lowest BCUT2D eigenvalue weighted by atomic mass is 10.1. The number of aryl methyl sites for hydroxylation is 1. The smallest absolute Gasteiger partial charge is 0.481 e. The van der Waals surface area contributed by atoms with Gasteiger partial charge in [0.1, 0.15) is 12.6 Å². The number of carboxylic acid groups (broad SMARTS) is 2. The highest BCUT2D eigenvalue weighted by Crippen LogP contribution is 2.13. The van der Waals surface area contributed by atoms with Crippen LogP contribution in [-0.2, 0) is 16.1 Å². The molecule has 0 saturated carbocycles. The highest BCUT2D eigenvalue weighted by Gasteiger charge is 2.38. The number of rotatable bonds is 4. The minimum Gasteiger partial charge on any atom is -0.481 e. The van der Waals surface area contributed by atoms with Crippen LogP contribution in [0.1, 0.15) is 36.0 Å². The Bertz CT molecular complexity index is 628. The summed E-state index contributed by atoms with van der Waals surface area (Å²) in [6, 6.07) is 1.70. The molecule has 0 bridgehead atoms. The van der Waals surface area contributed by atoms with Crippen molar-refractivity contribution in [3.8, 4) is 0 Å². The summed E-state index contributed by atoms with van der Waals surface area (Å²) in [6.07, 6.45) is 1.41. The summed E-state index contributed by atoms with van der Waals surface area (Å²) in [4.78, 5) is 33.4. The van der Waals surface area contributed by atoms with Crippen LogP contribution >= 0.6 is 0 Å². The summed E-state index contributed by atoms with van der Waals surface area (Å²) in [5.41, 5.74) is 0.563. The Morgan fingerprint density at radius 1 is 1.15 bits per heavy atom. The zero-order valence-corrected chi connectivity index (χ0v) is 13.8. The highest BCUT2D eigenvalue weighted by molar-refractivity contribution is 5.93. The number of alkyl halides is 3. The quantitative estimate of drug-likeness (QED) is 0.759. The molecule has 0 aliphatic carbocycles. The van der Waals surface area contributed by atoms with Crippen molar-refractivity contribution in [1.29, 1.82) is 0 Å². The molecule has 2 heterocycles. The van der Waals surface area contributed by atoms with E-state index in [0.29, 0.717) is 12.1 Å². The molecule has 1 amide bonds. The molecule has 11 heteroatoms. The molecule has 1 saturated heterocycles. The van der Waals surface area contributed by atoms with Gasteiger partial charge in [0.25, 0.3) is 5.91 Å². The Balaban J connectivity index is 0.000000412. The molecule has 1 aromatic rings. The van der Waals surface area contributed by atoms with Crippen LogP contribution in [-0.4, -0.2) is 57.3 Å². The van der Waals surface area contributed by atoms with Crippen molar-refractivity contribution in [2.45, 2.75) is 38.4 Å². The number of aliphatic carboxylic acids is 2. The lowest BCUT2D eigenvalue weighted by Gasteiger charge is -2.26. The fourth-order valence-electron chi connectivity index (χ4n) is 2.13. The predicted octanol–water partition coefficient (Wildman–Crippen LogP) is 1.10. The van der Waals surface area contributed by atoms with Crippen LogP contribution in [0.5, 0.6) is 0 Å². The zero-order chi connectivity index (χ0) is 19.7. The molecule has 8 nitrogen and oxygen atoms in total. The Morgan fingerprint density at radius 3 is 2.15 bits per heavy atom. The monoisotopic (exact) mass is 378 g/mol. The first-order valence-electron chi connectivity index (χ1n) is 7.78. The summed E-state index contributed by atoms with van der Waals surface area (Å²) >= 11 is 0. The van der Waals surface area contributed by atoms with E-state index in [1.165, 1.54) is 17.3 Å². The second-order valence-electron chi connectivity index (χ2n) is 5.48. The van der Waals surface area contributed by atoms with E-state index < -0.39 is 18.1 Å². The van der Waals surface area contributed by atoms with Gasteiger partial charge in [0, 0.05) is 19.2 Å². The Kier molecular flexibility index (Phi) is 7.94. The molecule has 0 radical (unpaired) electrons. The number of halogens is 3. The number of nitrogens with zero attached hydrogens (tertiary/aromatic N) is 3. The number of carboxylic acids is 2. The Hall–Kier alpha value is -2.72. The largest absolute Gasteiger partial charge is 0.490 e. The molecule has 1 fully saturated rings. The van der Waals surface area contributed by atoms with Crippen molar-refractivity contribution in [2.24, 2.45) is 0 Å². The van der Waals surface area contributed by atoms with Crippen molar-refractivity contribution >= 4 is 17.8 Å². The molecule has 0 aromatic carbocycles. The first kappa shape index (κ1) is 21.3. The third kappa shape index (κ3) is 7.45. The fourth-order valence-corrected chi connectivity index (χ4v) is 2.13. The highest BCUT2D eigenvalue weighted by atomic mass is 19.4. The first-order valence-corrected chi connectivity index (χ1v) is 7.78. The van der Waals surface area contributed by atoms with Crippen LogP contribution in [0.25, 0.3) is 0 Å². The number of aromatic nitrogens is 2. The minimum absolute atomic E-state index is 0.0117. The number of likely N-dealkylation sites (tertiary alicyclic amines) is 1. The summed E-state index contributed by atoms with van der Waals surface area (Å²) in [7, 11) is 0. The van der Waals surface area contributed by atoms with Gasteiger partial charge in [-0.2, -0.15) is 13.2 Å². The van der Waals surface area contributed by atoms with Gasteiger partial charge < -0.3 is 15.1 Å². The van der Waals surface area contributed by atoms with E-state index in [9.17, 15) is 22.8 Å². The lowest BCUT2D eigenvalue weighted by molar-refractivity contribution is -0.753. The fraction of sp³-hybridized carbons (Fsp3) is 0.533. The van der Waals surface area contributed by atoms with Gasteiger partial charge in [-0.05, 0) is 24.4 Å². The van der Waals surface area contributed by atoms with Crippen LogP contribution in [0.15, 0.2) is 18.5 Å². The lowest BCUT2D eigenvalue weighted by Crippen LogP contribution is -2.40. The molecule has 1 aromatic heterocycles. The van der Waals surface area contributed by atoms with E-state index >= 15 is 0 Å². The van der Waals surface area contributed by atoms with Gasteiger partial charge in [0.05, 0.1) is 5.56 Å². The number of piperidine rings is 1. The molecule has 0 atom stereocenters. The molecule has 2 rings (SSSR count). The Labute approximate surface area is 146 Å². The SMILES string of the molecule is O=C(O)C(F)(F)F.O=C(O)CC[n+]1ccc(C(=O)N2CCCCC2)cn1. The first-order chi connectivity index (χ1) is 12.1. The number of amides is 1. The van der Waals surface area contributed by atoms with Crippen molar-refractivity contribution < 1.29 is 42.4 Å². The van der Waals surface area contributed by atoms with Gasteiger partial charge in [-0.25, -0.2) is 4.79 Å². The van der Waals surface area contributed by atoms with Gasteiger partial charge in [-0.3, -0.25) is 9.59 Å². The minimum atomic E-state index is -5.08. The second kappa shape index (κ2) is 9.68. The van der Waals surface area contributed by atoms with Gasteiger partial charge >= 0.3 is 18.1 Å². The molecule has 1 aliphatic heterocycles. The number of carbonyl (C=O) groups excluding carboxylic acids is 1. The molecule has 26 heavy (non-hydrogen) atoms. The van der Waals surface area contributed by atoms with Gasteiger partial charge in [-0.1, -0.05) is 4.68 Å². The van der Waals surface area contributed by atoms with E-state index in [1.807, 2.05) is 4.90 Å². The number of hydrogen-bond acceptors (Lipinski definition) is 4. The molecule has 0 spiro atoms. The van der Waals surface area contributed by atoms with Crippen molar-refractivity contribution in [3.05, 3.63) is 24.0 Å². The van der Waals surface area contributed by atoms with Gasteiger partial charge in [-0.15, -0.1) is 0 Å². The molecular formula is C15H19F3N3O5+. The summed E-state index contributed by atoms with van der Waals surface area (Å²) in [6.45, 7) is 1.94. The van der Waals surface area contributed by atoms with Crippen LogP contribution in [0.3, 0.4) is 0 Å². The maximum atomic E-state index is 12.2. The van der Waals surface area contributed by atoms with Crippen LogP contribution in [0.2, 0.25) is 0 Å². The average Bonchev–Trinajstić information content (AvgIpc) is 2.60. The van der Waals surface area contributed by atoms with E-state index in [4.69, 9.17) is 15.0 Å². The average molecular weight is 378 g/mol. The second-order valence-corrected chi connectivity index (χ2v) is 5.48. The summed E-state index contributed by atoms with van der Waals surface area (Å²) in [5.74, 6) is -3.60. The molecule has 144 valence electrons. The number of carbonyl (C=O) groups is 3. The molecular weight excluding hydrogens is 359 g/mol. The molecule has 2 N–H and O–H groups in total. The van der Waals surface area contributed by atoms with E-state index in [-0.39, 0.29) is 12.3 Å². The Morgan fingerprint density at radius 2 is 1.73 bits per heavy atom. The maximum absolute atomic E-state index is 12.2. The topological polar surface area (TPSA) is 112 Å². The zero-order valence-electron chi connectivity index (χ0n) is 13.8. The van der Waals surface area contributed by atoms with Crippen LogP contribution in [0, 0.1) is 0 Å². The normalized spacial score (nSPS) is 14.2. The van der Waals surface area contributed by atoms with E-state index in [1.54, 1.807) is 12.3 Å². The van der Waals surface area contributed by atoms with Crippen molar-refractivity contribution in [1.82, 2.24) is 10.00 Å². The predicted molar refractivity (Wildman–Crippen MR) is 80.1 cm³/mol. The van der Waals surface area contributed by atoms with E-state index in [2.05, 4.69) is 5.10 Å². The maximum Gasteiger partial charge on any atom is 0.490 e. The standard InChI is InChI=1S/C13H17N3O3.C2HF3O2/c17-12(18)5-9-16-8-4-11(10-14-16)13(19)15-6-2-1-3-7-15;3-2(4,5)1(6)7/h4,8,10H,1-3,5-7,9H2;(H,6,7)/p+1. The third-order valence-corrected chi connectivity index (χ3v) is 3.46. The molecule has 0 unspecified atom stereocenters. The summed E-state index contributed by atoms with van der Waals surface area (Å²) in [5, 5.41) is 19.8. The van der Waals surface area contributed by atoms with Crippen molar-refractivity contribution in [2.75, 3.05) is 13.1 Å². The van der Waals surface area contributed by atoms with E-state index in [0.717, 1.165) is 25.9 Å². The van der Waals surface area contributed by atoms with Crippen molar-refractivity contribution in [3.63, 3.8) is 0 Å². The molecule has 1 aliphatic rings. The van der Waals surface area contributed by atoms with Crippen LogP contribution < -0.4 is 4.68 Å². The van der Waals surface area contributed by atoms with Gasteiger partial charge in [0.2, 0.25) is 0 Å². The number of hydrogen-bond donors (Lipinski definition) is 2. The summed E-state index contributed by atoms with van der Waals surface area (Å²) < 4.78 is 33.3.